The van der Waals surface area contributed by atoms with Crippen molar-refractivity contribution in [2.75, 3.05) is 25.0 Å². The Balaban J connectivity index is 1.82. The zero-order chi connectivity index (χ0) is 19.9. The number of nitrogens with one attached hydrogen (secondary N) is 1. The number of likely N-dealkylation sites (tertiary alicyclic amines) is 1. The number of ether oxygens (including phenoxy) is 1. The molecule has 28 heavy (non-hydrogen) atoms. The topological polar surface area (TPSA) is 84.7 Å². The van der Waals surface area contributed by atoms with Crippen molar-refractivity contribution in [1.82, 2.24) is 4.90 Å². The third-order valence-electron chi connectivity index (χ3n) is 5.11. The number of hydrogen-bond donors (Lipinski definition) is 2. The van der Waals surface area contributed by atoms with Gasteiger partial charge in [-0.2, -0.15) is 0 Å². The van der Waals surface area contributed by atoms with Crippen molar-refractivity contribution in [3.63, 3.8) is 0 Å². The first-order chi connectivity index (χ1) is 13.6. The fourth-order valence-electron chi connectivity index (χ4n) is 3.66. The Hall–Kier alpha value is -2.86. The number of hydrogen-bond acceptors (Lipinski definition) is 4. The lowest BCUT2D eigenvalue weighted by Gasteiger charge is -2.36. The van der Waals surface area contributed by atoms with Crippen LogP contribution in [0.3, 0.4) is 0 Å². The van der Waals surface area contributed by atoms with Crippen molar-refractivity contribution in [2.24, 2.45) is 11.7 Å². The summed E-state index contributed by atoms with van der Waals surface area (Å²) in [5.74, 6) is 0.161. The highest BCUT2D eigenvalue weighted by Gasteiger charge is 2.32. The van der Waals surface area contributed by atoms with Gasteiger partial charge < -0.3 is 15.8 Å². The summed E-state index contributed by atoms with van der Waals surface area (Å²) in [7, 11) is 0. The van der Waals surface area contributed by atoms with Crippen LogP contribution in [0.5, 0.6) is 5.75 Å². The molecule has 6 nitrogen and oxygen atoms in total. The molecule has 3 N–H and O–H groups in total. The molecule has 1 fully saturated rings. The molecule has 1 saturated heterocycles. The number of amides is 2. The average Bonchev–Trinajstić information content (AvgIpc) is 2.71. The maximum atomic E-state index is 13.3. The first-order valence-corrected chi connectivity index (χ1v) is 9.71. The Morgan fingerprint density at radius 3 is 2.39 bits per heavy atom. The van der Waals surface area contributed by atoms with Crippen molar-refractivity contribution in [1.29, 1.82) is 0 Å². The van der Waals surface area contributed by atoms with Crippen LogP contribution >= 0.6 is 0 Å². The summed E-state index contributed by atoms with van der Waals surface area (Å²) in [6.07, 6.45) is 1.34. The van der Waals surface area contributed by atoms with Gasteiger partial charge in [0.1, 0.15) is 11.8 Å². The monoisotopic (exact) mass is 381 g/mol. The summed E-state index contributed by atoms with van der Waals surface area (Å²) in [5.41, 5.74) is 7.03. The number of piperidine rings is 1. The van der Waals surface area contributed by atoms with E-state index in [-0.39, 0.29) is 17.7 Å². The van der Waals surface area contributed by atoms with Crippen LogP contribution in [0.15, 0.2) is 54.6 Å². The zero-order valence-electron chi connectivity index (χ0n) is 16.1. The number of benzene rings is 2. The predicted molar refractivity (Wildman–Crippen MR) is 109 cm³/mol. The van der Waals surface area contributed by atoms with Crippen LogP contribution in [0.4, 0.5) is 5.69 Å². The minimum Gasteiger partial charge on any atom is -0.492 e. The standard InChI is InChI=1S/C22H27N3O3/c1-2-28-19-11-7-6-10-18(19)24-22(27)20(16-8-4-3-5-9-16)25-14-12-17(13-15-25)21(23)26/h3-11,17,20H,2,12-15H2,1H3,(H2,23,26)(H,24,27)/t20-/m0/s1. The number of nitrogens with zero attached hydrogens (tertiary/aromatic N) is 1. The molecule has 0 radical (unpaired) electrons. The fraction of sp³-hybridized carbons (Fsp3) is 0.364. The number of para-hydroxylation sites is 2. The minimum absolute atomic E-state index is 0.115. The number of primary amides is 1. The van der Waals surface area contributed by atoms with Gasteiger partial charge in [0, 0.05) is 5.92 Å². The zero-order valence-corrected chi connectivity index (χ0v) is 16.1. The van der Waals surface area contributed by atoms with Gasteiger partial charge in [0.25, 0.3) is 0 Å². The number of rotatable bonds is 7. The summed E-state index contributed by atoms with van der Waals surface area (Å²) >= 11 is 0. The van der Waals surface area contributed by atoms with E-state index in [9.17, 15) is 9.59 Å². The molecule has 0 spiro atoms. The molecule has 2 aromatic carbocycles. The summed E-state index contributed by atoms with van der Waals surface area (Å²) in [6, 6.07) is 16.7. The molecule has 2 amide bonds. The van der Waals surface area contributed by atoms with Crippen molar-refractivity contribution >= 4 is 17.5 Å². The highest BCUT2D eigenvalue weighted by molar-refractivity contribution is 5.96. The van der Waals surface area contributed by atoms with Crippen LogP contribution in [0.1, 0.15) is 31.4 Å². The smallest absolute Gasteiger partial charge is 0.246 e. The van der Waals surface area contributed by atoms with E-state index in [1.54, 1.807) is 0 Å². The lowest BCUT2D eigenvalue weighted by atomic mass is 9.93. The molecular formula is C22H27N3O3. The molecule has 1 aliphatic rings. The Morgan fingerprint density at radius 2 is 1.75 bits per heavy atom. The van der Waals surface area contributed by atoms with E-state index in [1.807, 2.05) is 61.5 Å². The summed E-state index contributed by atoms with van der Waals surface area (Å²) in [5, 5.41) is 3.03. The Kier molecular flexibility index (Phi) is 6.66. The molecule has 2 aromatic rings. The number of carbonyl (C=O) groups is 2. The molecule has 1 atom stereocenters. The highest BCUT2D eigenvalue weighted by atomic mass is 16.5. The van der Waals surface area contributed by atoms with Crippen molar-refractivity contribution < 1.29 is 14.3 Å². The van der Waals surface area contributed by atoms with Crippen LogP contribution < -0.4 is 15.8 Å². The van der Waals surface area contributed by atoms with E-state index in [1.165, 1.54) is 0 Å². The van der Waals surface area contributed by atoms with Crippen LogP contribution in [0.25, 0.3) is 0 Å². The molecule has 0 bridgehead atoms. The maximum Gasteiger partial charge on any atom is 0.246 e. The molecule has 1 aliphatic heterocycles. The second-order valence-corrected chi connectivity index (χ2v) is 6.94. The van der Waals surface area contributed by atoms with Gasteiger partial charge in [-0.1, -0.05) is 42.5 Å². The average molecular weight is 381 g/mol. The summed E-state index contributed by atoms with van der Waals surface area (Å²) in [6.45, 7) is 3.73. The first-order valence-electron chi connectivity index (χ1n) is 9.71. The van der Waals surface area contributed by atoms with Gasteiger partial charge in [0.15, 0.2) is 0 Å². The van der Waals surface area contributed by atoms with Gasteiger partial charge >= 0.3 is 0 Å². The van der Waals surface area contributed by atoms with Gasteiger partial charge in [-0.3, -0.25) is 14.5 Å². The molecular weight excluding hydrogens is 354 g/mol. The van der Waals surface area contributed by atoms with Crippen molar-refractivity contribution in [3.8, 4) is 5.75 Å². The van der Waals surface area contributed by atoms with Crippen molar-refractivity contribution in [3.05, 3.63) is 60.2 Å². The van der Waals surface area contributed by atoms with E-state index >= 15 is 0 Å². The van der Waals surface area contributed by atoms with Gasteiger partial charge in [0.05, 0.1) is 12.3 Å². The number of nitrogens with two attached hydrogens (primary N) is 1. The quantitative estimate of drug-likeness (QED) is 0.772. The fourth-order valence-corrected chi connectivity index (χ4v) is 3.66. The SMILES string of the molecule is CCOc1ccccc1NC(=O)[C@H](c1ccccc1)N1CCC(C(N)=O)CC1. The van der Waals surface area contributed by atoms with Gasteiger partial charge in [0.2, 0.25) is 11.8 Å². The maximum absolute atomic E-state index is 13.3. The van der Waals surface area contributed by atoms with Gasteiger partial charge in [-0.15, -0.1) is 0 Å². The number of anilines is 1. The van der Waals surface area contributed by atoms with Crippen LogP contribution in [0.2, 0.25) is 0 Å². The minimum atomic E-state index is -0.440. The lowest BCUT2D eigenvalue weighted by molar-refractivity contribution is -0.125. The van der Waals surface area contributed by atoms with E-state index in [2.05, 4.69) is 10.2 Å². The molecule has 6 heteroatoms. The highest BCUT2D eigenvalue weighted by Crippen LogP contribution is 2.30. The molecule has 0 unspecified atom stereocenters. The molecule has 1 heterocycles. The molecule has 3 rings (SSSR count). The molecule has 148 valence electrons. The van der Waals surface area contributed by atoms with Crippen molar-refractivity contribution in [2.45, 2.75) is 25.8 Å². The summed E-state index contributed by atoms with van der Waals surface area (Å²) in [4.78, 5) is 26.9. The molecule has 0 aromatic heterocycles. The van der Waals surface area contributed by atoms with Crippen LogP contribution in [-0.2, 0) is 9.59 Å². The third kappa shape index (κ3) is 4.70. The normalized spacial score (nSPS) is 16.3. The van der Waals surface area contributed by atoms with Crippen LogP contribution in [0, 0.1) is 5.92 Å². The summed E-state index contributed by atoms with van der Waals surface area (Å²) < 4.78 is 5.63. The molecule has 0 saturated carbocycles. The van der Waals surface area contributed by atoms with E-state index in [0.717, 1.165) is 5.56 Å². The largest absolute Gasteiger partial charge is 0.492 e. The molecule has 0 aliphatic carbocycles. The van der Waals surface area contributed by atoms with E-state index < -0.39 is 6.04 Å². The second kappa shape index (κ2) is 9.37. The predicted octanol–water partition coefficient (Wildman–Crippen LogP) is 2.96. The Labute approximate surface area is 165 Å². The lowest BCUT2D eigenvalue weighted by Crippen LogP contribution is -2.44. The number of carbonyl (C=O) groups excluding carboxylic acids is 2. The second-order valence-electron chi connectivity index (χ2n) is 6.94. The first kappa shape index (κ1) is 19.9. The van der Waals surface area contributed by atoms with E-state index in [0.29, 0.717) is 44.0 Å². The van der Waals surface area contributed by atoms with Crippen LogP contribution in [-0.4, -0.2) is 36.4 Å². The Bertz CT molecular complexity index is 802. The van der Waals surface area contributed by atoms with Gasteiger partial charge in [-0.25, -0.2) is 0 Å². The third-order valence-corrected chi connectivity index (χ3v) is 5.11. The Morgan fingerprint density at radius 1 is 1.11 bits per heavy atom. The van der Waals surface area contributed by atoms with Gasteiger partial charge in [-0.05, 0) is 50.6 Å². The van der Waals surface area contributed by atoms with E-state index in [4.69, 9.17) is 10.5 Å².